The summed E-state index contributed by atoms with van der Waals surface area (Å²) in [6.07, 6.45) is 5.80. The summed E-state index contributed by atoms with van der Waals surface area (Å²) in [5, 5.41) is 8.18. The third-order valence-electron chi connectivity index (χ3n) is 4.93. The van der Waals surface area contributed by atoms with E-state index in [9.17, 15) is 0 Å². The number of para-hydroxylation sites is 1. The largest absolute Gasteiger partial charge is 0.361 e. The zero-order valence-electron chi connectivity index (χ0n) is 15.7. The number of guanidine groups is 1. The van der Waals surface area contributed by atoms with Gasteiger partial charge in [0.2, 0.25) is 0 Å². The van der Waals surface area contributed by atoms with Crippen LogP contribution in [0.4, 0.5) is 0 Å². The fraction of sp³-hybridized carbons (Fsp3) is 0.550. The molecular formula is C20H31N5. The van der Waals surface area contributed by atoms with Gasteiger partial charge in [-0.1, -0.05) is 18.2 Å². The maximum absolute atomic E-state index is 4.34. The zero-order chi connectivity index (χ0) is 17.6. The van der Waals surface area contributed by atoms with Crippen molar-refractivity contribution >= 4 is 16.9 Å². The Morgan fingerprint density at radius 3 is 2.72 bits per heavy atom. The molecule has 1 aliphatic carbocycles. The first-order valence-electron chi connectivity index (χ1n) is 9.44. The minimum atomic E-state index is 0.617. The minimum Gasteiger partial charge on any atom is -0.361 e. The first kappa shape index (κ1) is 17.8. The molecule has 1 aliphatic rings. The van der Waals surface area contributed by atoms with Crippen LogP contribution in [0, 0.1) is 0 Å². The molecule has 1 saturated carbocycles. The average molecular weight is 342 g/mol. The number of hydrogen-bond donors (Lipinski definition) is 3. The monoisotopic (exact) mass is 341 g/mol. The second-order valence-corrected chi connectivity index (χ2v) is 7.10. The molecule has 0 unspecified atom stereocenters. The van der Waals surface area contributed by atoms with Gasteiger partial charge in [-0.05, 0) is 44.7 Å². The van der Waals surface area contributed by atoms with E-state index in [4.69, 9.17) is 0 Å². The van der Waals surface area contributed by atoms with Gasteiger partial charge in [-0.25, -0.2) is 0 Å². The molecule has 0 aliphatic heterocycles. The van der Waals surface area contributed by atoms with Crippen molar-refractivity contribution in [3.63, 3.8) is 0 Å². The number of nitrogens with one attached hydrogen (secondary N) is 3. The van der Waals surface area contributed by atoms with Crippen LogP contribution in [0.15, 0.2) is 35.5 Å². The third-order valence-corrected chi connectivity index (χ3v) is 4.93. The minimum absolute atomic E-state index is 0.617. The quantitative estimate of drug-likeness (QED) is 0.511. The molecule has 1 aromatic heterocycles. The lowest BCUT2D eigenvalue weighted by molar-refractivity contribution is 0.215. The number of aromatic amines is 1. The molecule has 5 heteroatoms. The molecule has 1 aromatic carbocycles. The molecule has 0 amide bonds. The van der Waals surface area contributed by atoms with E-state index in [0.29, 0.717) is 6.04 Å². The number of fused-ring (bicyclic) bond motifs is 1. The highest BCUT2D eigenvalue weighted by atomic mass is 15.2. The van der Waals surface area contributed by atoms with E-state index in [1.54, 1.807) is 0 Å². The van der Waals surface area contributed by atoms with Crippen LogP contribution in [0.5, 0.6) is 0 Å². The van der Waals surface area contributed by atoms with Crippen LogP contribution in [-0.2, 0) is 6.42 Å². The van der Waals surface area contributed by atoms with Crippen LogP contribution in [0.1, 0.15) is 32.3 Å². The van der Waals surface area contributed by atoms with E-state index in [0.717, 1.165) is 38.1 Å². The van der Waals surface area contributed by atoms with Crippen molar-refractivity contribution < 1.29 is 0 Å². The Balaban J connectivity index is 1.42. The van der Waals surface area contributed by atoms with Gasteiger partial charge in [-0.15, -0.1) is 0 Å². The average Bonchev–Trinajstić information content (AvgIpc) is 3.37. The SMILES string of the molecule is CN=C(NCCc1c[nH]c2ccccc12)NCCN(C(C)C)C1CC1. The first-order chi connectivity index (χ1) is 12.2. The number of H-pyrrole nitrogens is 1. The predicted octanol–water partition coefficient (Wildman–Crippen LogP) is 2.75. The van der Waals surface area contributed by atoms with Crippen LogP contribution < -0.4 is 10.6 Å². The van der Waals surface area contributed by atoms with Crippen LogP contribution in [0.2, 0.25) is 0 Å². The second-order valence-electron chi connectivity index (χ2n) is 7.10. The Morgan fingerprint density at radius 2 is 2.00 bits per heavy atom. The van der Waals surface area contributed by atoms with Gasteiger partial charge >= 0.3 is 0 Å². The first-order valence-corrected chi connectivity index (χ1v) is 9.44. The van der Waals surface area contributed by atoms with E-state index >= 15 is 0 Å². The van der Waals surface area contributed by atoms with Crippen LogP contribution in [0.25, 0.3) is 10.9 Å². The summed E-state index contributed by atoms with van der Waals surface area (Å²) >= 11 is 0. The lowest BCUT2D eigenvalue weighted by atomic mass is 10.1. The van der Waals surface area contributed by atoms with Crippen LogP contribution in [0.3, 0.4) is 0 Å². The van der Waals surface area contributed by atoms with E-state index in [1.807, 2.05) is 7.05 Å². The van der Waals surface area contributed by atoms with Gasteiger partial charge in [0.1, 0.15) is 0 Å². The maximum atomic E-state index is 4.34. The molecule has 1 heterocycles. The summed E-state index contributed by atoms with van der Waals surface area (Å²) in [5.74, 6) is 0.888. The molecule has 136 valence electrons. The van der Waals surface area contributed by atoms with Gasteiger partial charge in [0.25, 0.3) is 0 Å². The van der Waals surface area contributed by atoms with Crippen molar-refractivity contribution in [2.75, 3.05) is 26.7 Å². The Kier molecular flexibility index (Phi) is 5.97. The normalized spacial score (nSPS) is 15.3. The lowest BCUT2D eigenvalue weighted by Gasteiger charge is -2.26. The van der Waals surface area contributed by atoms with E-state index < -0.39 is 0 Å². The third kappa shape index (κ3) is 4.75. The molecule has 3 N–H and O–H groups in total. The fourth-order valence-electron chi connectivity index (χ4n) is 3.45. The molecular weight excluding hydrogens is 310 g/mol. The van der Waals surface area contributed by atoms with Crippen molar-refractivity contribution in [2.45, 2.75) is 45.2 Å². The smallest absolute Gasteiger partial charge is 0.191 e. The number of nitrogens with zero attached hydrogens (tertiary/aromatic N) is 2. The van der Waals surface area contributed by atoms with Crippen LogP contribution >= 0.6 is 0 Å². The molecule has 25 heavy (non-hydrogen) atoms. The molecule has 0 radical (unpaired) electrons. The fourth-order valence-corrected chi connectivity index (χ4v) is 3.45. The Bertz CT molecular complexity index is 697. The molecule has 0 atom stereocenters. The summed E-state index contributed by atoms with van der Waals surface area (Å²) in [5.41, 5.74) is 2.55. The van der Waals surface area contributed by atoms with Crippen molar-refractivity contribution in [3.8, 4) is 0 Å². The van der Waals surface area contributed by atoms with Gasteiger partial charge in [-0.3, -0.25) is 9.89 Å². The number of aliphatic imine (C=N–C) groups is 1. The molecule has 3 rings (SSSR count). The van der Waals surface area contributed by atoms with Gasteiger partial charge in [-0.2, -0.15) is 0 Å². The number of rotatable bonds is 8. The van der Waals surface area contributed by atoms with Crippen molar-refractivity contribution in [2.24, 2.45) is 4.99 Å². The lowest BCUT2D eigenvalue weighted by Crippen LogP contribution is -2.44. The molecule has 0 spiro atoms. The second kappa shape index (κ2) is 8.39. The molecule has 0 saturated heterocycles. The Morgan fingerprint density at radius 1 is 1.24 bits per heavy atom. The van der Waals surface area contributed by atoms with E-state index in [1.165, 1.54) is 29.3 Å². The van der Waals surface area contributed by atoms with E-state index in [-0.39, 0.29) is 0 Å². The number of hydrogen-bond acceptors (Lipinski definition) is 2. The summed E-state index contributed by atoms with van der Waals surface area (Å²) in [6, 6.07) is 9.87. The van der Waals surface area contributed by atoms with Gasteiger partial charge < -0.3 is 15.6 Å². The highest BCUT2D eigenvalue weighted by molar-refractivity contribution is 5.83. The number of benzene rings is 1. The highest BCUT2D eigenvalue weighted by Crippen LogP contribution is 2.27. The topological polar surface area (TPSA) is 55.5 Å². The summed E-state index contributed by atoms with van der Waals surface area (Å²) in [6.45, 7) is 7.45. The molecule has 2 aromatic rings. The van der Waals surface area contributed by atoms with Crippen molar-refractivity contribution in [1.29, 1.82) is 0 Å². The van der Waals surface area contributed by atoms with E-state index in [2.05, 4.69) is 69.8 Å². The molecule has 0 bridgehead atoms. The Hall–Kier alpha value is -2.01. The number of aromatic nitrogens is 1. The molecule has 5 nitrogen and oxygen atoms in total. The zero-order valence-corrected chi connectivity index (χ0v) is 15.7. The summed E-state index contributed by atoms with van der Waals surface area (Å²) in [7, 11) is 1.84. The van der Waals surface area contributed by atoms with Gasteiger partial charge in [0, 0.05) is 55.9 Å². The Labute approximate surface area is 150 Å². The van der Waals surface area contributed by atoms with Crippen molar-refractivity contribution in [3.05, 3.63) is 36.0 Å². The summed E-state index contributed by atoms with van der Waals surface area (Å²) < 4.78 is 0. The van der Waals surface area contributed by atoms with Crippen molar-refractivity contribution in [1.82, 2.24) is 20.5 Å². The standard InChI is InChI=1S/C20H31N5/c1-15(2)25(17-8-9-17)13-12-23-20(21-3)22-11-10-16-14-24-19-7-5-4-6-18(16)19/h4-7,14-15,17,24H,8-13H2,1-3H3,(H2,21,22,23). The summed E-state index contributed by atoms with van der Waals surface area (Å²) in [4.78, 5) is 10.3. The van der Waals surface area contributed by atoms with Gasteiger partial charge in [0.15, 0.2) is 5.96 Å². The predicted molar refractivity (Wildman–Crippen MR) is 106 cm³/mol. The van der Waals surface area contributed by atoms with Crippen LogP contribution in [-0.4, -0.2) is 54.6 Å². The van der Waals surface area contributed by atoms with Gasteiger partial charge in [0.05, 0.1) is 0 Å². The molecule has 1 fully saturated rings. The maximum Gasteiger partial charge on any atom is 0.191 e. The highest BCUT2D eigenvalue weighted by Gasteiger charge is 2.30.